The van der Waals surface area contributed by atoms with Crippen LogP contribution in [0.3, 0.4) is 0 Å². The smallest absolute Gasteiger partial charge is 0.341 e. The van der Waals surface area contributed by atoms with Gasteiger partial charge in [0.25, 0.3) is 5.91 Å². The molecule has 0 unspecified atom stereocenters. The van der Waals surface area contributed by atoms with Crippen LogP contribution >= 0.6 is 0 Å². The van der Waals surface area contributed by atoms with Crippen LogP contribution in [-0.2, 0) is 4.74 Å². The van der Waals surface area contributed by atoms with Gasteiger partial charge in [-0.3, -0.25) is 4.79 Å². The molecule has 2 aromatic rings. The number of para-hydroxylation sites is 1. The second kappa shape index (κ2) is 7.36. The van der Waals surface area contributed by atoms with Crippen LogP contribution in [0.1, 0.15) is 20.7 Å². The number of benzene rings is 2. The van der Waals surface area contributed by atoms with E-state index in [2.05, 4.69) is 10.1 Å². The number of aromatic hydroxyl groups is 1. The monoisotopic (exact) mass is 331 g/mol. The van der Waals surface area contributed by atoms with Gasteiger partial charge in [-0.2, -0.15) is 0 Å². The van der Waals surface area contributed by atoms with Gasteiger partial charge in [-0.1, -0.05) is 6.07 Å². The Kier molecular flexibility index (Phi) is 5.26. The van der Waals surface area contributed by atoms with Gasteiger partial charge >= 0.3 is 5.97 Å². The summed E-state index contributed by atoms with van der Waals surface area (Å²) < 4.78 is 14.8. The molecule has 0 saturated heterocycles. The molecule has 0 aliphatic carbocycles. The van der Waals surface area contributed by atoms with Crippen molar-refractivity contribution in [2.24, 2.45) is 0 Å². The van der Waals surface area contributed by atoms with Gasteiger partial charge in [0.1, 0.15) is 5.56 Å². The van der Waals surface area contributed by atoms with E-state index in [1.165, 1.54) is 45.6 Å². The first-order valence-electron chi connectivity index (χ1n) is 6.95. The van der Waals surface area contributed by atoms with Crippen molar-refractivity contribution in [3.63, 3.8) is 0 Å². The van der Waals surface area contributed by atoms with E-state index in [-0.39, 0.29) is 17.0 Å². The molecule has 0 radical (unpaired) electrons. The highest BCUT2D eigenvalue weighted by Crippen LogP contribution is 2.30. The van der Waals surface area contributed by atoms with Gasteiger partial charge in [0.2, 0.25) is 0 Å². The molecule has 0 saturated carbocycles. The number of carbonyl (C=O) groups is 2. The molecule has 0 aliphatic rings. The molecule has 2 rings (SSSR count). The number of carbonyl (C=O) groups excluding carboxylic acids is 2. The lowest BCUT2D eigenvalue weighted by molar-refractivity contribution is 0.0597. The van der Waals surface area contributed by atoms with Crippen molar-refractivity contribution < 1.29 is 28.9 Å². The van der Waals surface area contributed by atoms with Crippen molar-refractivity contribution in [1.29, 1.82) is 0 Å². The Morgan fingerprint density at radius 2 is 1.71 bits per heavy atom. The van der Waals surface area contributed by atoms with E-state index < -0.39 is 11.9 Å². The summed E-state index contributed by atoms with van der Waals surface area (Å²) in [7, 11) is 4.16. The Bertz CT molecular complexity index is 772. The molecule has 7 nitrogen and oxygen atoms in total. The van der Waals surface area contributed by atoms with E-state index in [9.17, 15) is 14.7 Å². The average Bonchev–Trinajstić information content (AvgIpc) is 2.62. The Hall–Kier alpha value is -3.22. The predicted molar refractivity (Wildman–Crippen MR) is 86.9 cm³/mol. The first kappa shape index (κ1) is 17.1. The third kappa shape index (κ3) is 3.40. The van der Waals surface area contributed by atoms with E-state index in [1.807, 2.05) is 0 Å². The van der Waals surface area contributed by atoms with Crippen molar-refractivity contribution in [2.45, 2.75) is 0 Å². The molecule has 0 aromatic heterocycles. The number of hydrogen-bond donors (Lipinski definition) is 2. The van der Waals surface area contributed by atoms with Crippen LogP contribution in [-0.4, -0.2) is 38.3 Å². The molecule has 1 amide bonds. The molecule has 0 aliphatic heterocycles. The Balaban J connectivity index is 2.29. The van der Waals surface area contributed by atoms with Crippen LogP contribution in [0.2, 0.25) is 0 Å². The zero-order valence-corrected chi connectivity index (χ0v) is 13.5. The number of amides is 1. The van der Waals surface area contributed by atoms with Gasteiger partial charge < -0.3 is 24.6 Å². The van der Waals surface area contributed by atoms with Gasteiger partial charge in [0.05, 0.1) is 27.0 Å². The number of esters is 1. The Morgan fingerprint density at radius 3 is 2.33 bits per heavy atom. The molecule has 0 heterocycles. The van der Waals surface area contributed by atoms with E-state index in [1.54, 1.807) is 12.1 Å². The maximum Gasteiger partial charge on any atom is 0.341 e. The van der Waals surface area contributed by atoms with Gasteiger partial charge in [0.15, 0.2) is 17.2 Å². The molecule has 7 heteroatoms. The number of hydrogen-bond acceptors (Lipinski definition) is 6. The number of methoxy groups -OCH3 is 3. The standard InChI is InChI=1S/C17H17NO6/c1-22-13-8-7-10(9-14(13)23-2)16(20)18-12-6-4-5-11(15(12)19)17(21)24-3/h4-9,19H,1-3H3,(H,18,20). The Morgan fingerprint density at radius 1 is 1.00 bits per heavy atom. The molecule has 0 atom stereocenters. The first-order valence-corrected chi connectivity index (χ1v) is 6.95. The fraction of sp³-hybridized carbons (Fsp3) is 0.176. The van der Waals surface area contributed by atoms with Crippen molar-refractivity contribution in [2.75, 3.05) is 26.6 Å². The molecule has 24 heavy (non-hydrogen) atoms. The maximum atomic E-state index is 12.4. The lowest BCUT2D eigenvalue weighted by Crippen LogP contribution is -2.13. The summed E-state index contributed by atoms with van der Waals surface area (Å²) in [6.07, 6.45) is 0. The number of anilines is 1. The number of ether oxygens (including phenoxy) is 3. The van der Waals surface area contributed by atoms with E-state index >= 15 is 0 Å². The number of phenolic OH excluding ortho intramolecular Hbond substituents is 1. The summed E-state index contributed by atoms with van der Waals surface area (Å²) in [4.78, 5) is 23.9. The van der Waals surface area contributed by atoms with Crippen LogP contribution in [0.25, 0.3) is 0 Å². The summed E-state index contributed by atoms with van der Waals surface area (Å²) in [5, 5.41) is 12.7. The van der Waals surface area contributed by atoms with Gasteiger partial charge in [-0.05, 0) is 30.3 Å². The third-order valence-corrected chi connectivity index (χ3v) is 3.34. The summed E-state index contributed by atoms with van der Waals surface area (Å²) in [6, 6.07) is 9.05. The van der Waals surface area contributed by atoms with Crippen molar-refractivity contribution in [3.05, 3.63) is 47.5 Å². The molecule has 2 N–H and O–H groups in total. The Labute approximate surface area is 138 Å². The fourth-order valence-electron chi connectivity index (χ4n) is 2.09. The quantitative estimate of drug-likeness (QED) is 0.645. The van der Waals surface area contributed by atoms with Crippen molar-refractivity contribution >= 4 is 17.6 Å². The molecule has 0 fully saturated rings. The number of rotatable bonds is 5. The number of phenols is 1. The van der Waals surface area contributed by atoms with Crippen LogP contribution in [0, 0.1) is 0 Å². The predicted octanol–water partition coefficient (Wildman–Crippen LogP) is 2.45. The highest BCUT2D eigenvalue weighted by molar-refractivity contribution is 6.06. The summed E-state index contributed by atoms with van der Waals surface area (Å²) in [5.41, 5.74) is 0.357. The van der Waals surface area contributed by atoms with E-state index in [0.29, 0.717) is 17.1 Å². The summed E-state index contributed by atoms with van der Waals surface area (Å²) >= 11 is 0. The van der Waals surface area contributed by atoms with E-state index in [0.717, 1.165) is 0 Å². The highest BCUT2D eigenvalue weighted by Gasteiger charge is 2.17. The van der Waals surface area contributed by atoms with Crippen LogP contribution in [0.15, 0.2) is 36.4 Å². The van der Waals surface area contributed by atoms with E-state index in [4.69, 9.17) is 9.47 Å². The summed E-state index contributed by atoms with van der Waals surface area (Å²) in [5.74, 6) is -0.650. The van der Waals surface area contributed by atoms with Crippen LogP contribution < -0.4 is 14.8 Å². The third-order valence-electron chi connectivity index (χ3n) is 3.34. The minimum absolute atomic E-state index is 0.0392. The fourth-order valence-corrected chi connectivity index (χ4v) is 2.09. The lowest BCUT2D eigenvalue weighted by atomic mass is 10.1. The SMILES string of the molecule is COC(=O)c1cccc(NC(=O)c2ccc(OC)c(OC)c2)c1O. The van der Waals surface area contributed by atoms with Gasteiger partial charge in [-0.25, -0.2) is 4.79 Å². The second-order valence-electron chi connectivity index (χ2n) is 4.72. The average molecular weight is 331 g/mol. The van der Waals surface area contributed by atoms with Gasteiger partial charge in [0, 0.05) is 5.56 Å². The zero-order chi connectivity index (χ0) is 17.7. The first-order chi connectivity index (χ1) is 11.5. The molecule has 0 bridgehead atoms. The highest BCUT2D eigenvalue weighted by atomic mass is 16.5. The molecule has 126 valence electrons. The largest absolute Gasteiger partial charge is 0.505 e. The van der Waals surface area contributed by atoms with Crippen molar-refractivity contribution in [3.8, 4) is 17.2 Å². The number of nitrogens with one attached hydrogen (secondary N) is 1. The normalized spacial score (nSPS) is 9.96. The van der Waals surface area contributed by atoms with Crippen molar-refractivity contribution in [1.82, 2.24) is 0 Å². The molecular formula is C17H17NO6. The van der Waals surface area contributed by atoms with Crippen LogP contribution in [0.5, 0.6) is 17.2 Å². The van der Waals surface area contributed by atoms with Gasteiger partial charge in [-0.15, -0.1) is 0 Å². The minimum atomic E-state index is -0.699. The zero-order valence-electron chi connectivity index (χ0n) is 13.5. The topological polar surface area (TPSA) is 94.1 Å². The summed E-state index contributed by atoms with van der Waals surface area (Å²) in [6.45, 7) is 0. The maximum absolute atomic E-state index is 12.4. The minimum Gasteiger partial charge on any atom is -0.505 e. The molecular weight excluding hydrogens is 314 g/mol. The molecule has 2 aromatic carbocycles. The molecule has 0 spiro atoms. The lowest BCUT2D eigenvalue weighted by Gasteiger charge is -2.12. The van der Waals surface area contributed by atoms with Crippen LogP contribution in [0.4, 0.5) is 5.69 Å². The second-order valence-corrected chi connectivity index (χ2v) is 4.72.